The van der Waals surface area contributed by atoms with Crippen LogP contribution in [0.5, 0.6) is 0 Å². The highest BCUT2D eigenvalue weighted by Crippen LogP contribution is 2.41. The maximum atomic E-state index is 6.41. The summed E-state index contributed by atoms with van der Waals surface area (Å²) in [6, 6.07) is 7.64. The molecule has 0 radical (unpaired) electrons. The third-order valence-corrected chi connectivity index (χ3v) is 6.54. The van der Waals surface area contributed by atoms with Crippen LogP contribution in [0.4, 0.5) is 0 Å². The quantitative estimate of drug-likeness (QED) is 0.557. The van der Waals surface area contributed by atoms with Gasteiger partial charge in [-0.2, -0.15) is 0 Å². The molecule has 3 aliphatic rings. The highest BCUT2D eigenvalue weighted by atomic mass is 35.5. The fourth-order valence-electron chi connectivity index (χ4n) is 3.40. The first-order valence-corrected chi connectivity index (χ1v) is 10.4. The monoisotopic (exact) mass is 415 g/mol. The molecule has 0 amide bonds. The number of ether oxygens (including phenoxy) is 2. The van der Waals surface area contributed by atoms with E-state index in [-0.39, 0.29) is 11.3 Å². The molecule has 1 aliphatic carbocycles. The Labute approximate surface area is 174 Å². The maximum Gasteiger partial charge on any atom is 0.230 e. The molecule has 2 unspecified atom stereocenters. The fourth-order valence-corrected chi connectivity index (χ4v) is 4.99. The van der Waals surface area contributed by atoms with Gasteiger partial charge in [0.2, 0.25) is 6.79 Å². The number of nitrogens with zero attached hydrogens (tertiary/aromatic N) is 1. The number of thioether (sulfide) groups is 1. The minimum Gasteiger partial charge on any atom is -0.458 e. The zero-order chi connectivity index (χ0) is 19.5. The summed E-state index contributed by atoms with van der Waals surface area (Å²) in [5.41, 5.74) is 8.66. The number of allylic oxidation sites excluding steroid dienone is 2. The lowest BCUT2D eigenvalue weighted by molar-refractivity contribution is 0.0729. The average molecular weight is 416 g/mol. The highest BCUT2D eigenvalue weighted by Gasteiger charge is 2.31. The highest BCUT2D eigenvalue weighted by molar-refractivity contribution is 8.09. The van der Waals surface area contributed by atoms with Crippen molar-refractivity contribution in [3.8, 4) is 0 Å². The van der Waals surface area contributed by atoms with Gasteiger partial charge in [0.25, 0.3) is 0 Å². The molecule has 1 aromatic carbocycles. The van der Waals surface area contributed by atoms with Gasteiger partial charge in [-0.3, -0.25) is 0 Å². The SMILES string of the molecule is C=C/N=C(/NCC1=CC2=C(CC1)OCO2)C1SC(c2ccccc2Cl)=CC1N. The van der Waals surface area contributed by atoms with Gasteiger partial charge in [0, 0.05) is 40.7 Å². The molecule has 4 rings (SSSR count). The number of nitrogens with one attached hydrogen (secondary N) is 1. The van der Waals surface area contributed by atoms with Crippen molar-refractivity contribution in [2.75, 3.05) is 13.3 Å². The molecule has 2 aliphatic heterocycles. The van der Waals surface area contributed by atoms with E-state index in [2.05, 4.69) is 29.0 Å². The molecule has 28 heavy (non-hydrogen) atoms. The molecular weight excluding hydrogens is 394 g/mol. The van der Waals surface area contributed by atoms with Crippen LogP contribution in [-0.4, -0.2) is 30.5 Å². The lowest BCUT2D eigenvalue weighted by Gasteiger charge is -2.21. The molecule has 5 nitrogen and oxygen atoms in total. The Morgan fingerprint density at radius 3 is 3.04 bits per heavy atom. The van der Waals surface area contributed by atoms with Gasteiger partial charge in [-0.25, -0.2) is 4.99 Å². The first-order valence-electron chi connectivity index (χ1n) is 9.15. The summed E-state index contributed by atoms with van der Waals surface area (Å²) in [7, 11) is 0. The van der Waals surface area contributed by atoms with Gasteiger partial charge in [-0.15, -0.1) is 11.8 Å². The molecule has 7 heteroatoms. The number of halogens is 1. The van der Waals surface area contributed by atoms with Crippen LogP contribution in [-0.2, 0) is 9.47 Å². The van der Waals surface area contributed by atoms with Crippen LogP contribution >= 0.6 is 23.4 Å². The first-order chi connectivity index (χ1) is 13.7. The minimum atomic E-state index is -0.163. The number of amidine groups is 1. The van der Waals surface area contributed by atoms with E-state index in [9.17, 15) is 0 Å². The number of hydrogen-bond acceptors (Lipinski definition) is 5. The molecule has 2 atom stereocenters. The Morgan fingerprint density at radius 1 is 1.36 bits per heavy atom. The second-order valence-corrected chi connectivity index (χ2v) is 8.26. The molecule has 1 aromatic rings. The lowest BCUT2D eigenvalue weighted by Crippen LogP contribution is -2.42. The van der Waals surface area contributed by atoms with Crippen molar-refractivity contribution < 1.29 is 9.47 Å². The number of hydrogen-bond donors (Lipinski definition) is 2. The van der Waals surface area contributed by atoms with E-state index in [1.807, 2.05) is 24.3 Å². The van der Waals surface area contributed by atoms with Crippen LogP contribution in [0.2, 0.25) is 5.02 Å². The summed E-state index contributed by atoms with van der Waals surface area (Å²) in [5.74, 6) is 2.61. The third kappa shape index (κ3) is 3.99. The Kier molecular flexibility index (Phi) is 5.80. The first kappa shape index (κ1) is 19.2. The van der Waals surface area contributed by atoms with Crippen LogP contribution in [0.1, 0.15) is 18.4 Å². The van der Waals surface area contributed by atoms with Crippen molar-refractivity contribution in [2.24, 2.45) is 10.7 Å². The summed E-state index contributed by atoms with van der Waals surface area (Å²) < 4.78 is 10.9. The Morgan fingerprint density at radius 2 is 2.21 bits per heavy atom. The lowest BCUT2D eigenvalue weighted by atomic mass is 10.0. The number of benzene rings is 1. The van der Waals surface area contributed by atoms with Gasteiger partial charge in [0.1, 0.15) is 11.6 Å². The van der Waals surface area contributed by atoms with Crippen molar-refractivity contribution >= 4 is 34.1 Å². The molecule has 3 N–H and O–H groups in total. The second kappa shape index (κ2) is 8.47. The van der Waals surface area contributed by atoms with Crippen LogP contribution in [0.15, 0.2) is 71.3 Å². The second-order valence-electron chi connectivity index (χ2n) is 6.67. The Hall–Kier alpha value is -2.15. The van der Waals surface area contributed by atoms with Gasteiger partial charge >= 0.3 is 0 Å². The van der Waals surface area contributed by atoms with E-state index in [1.165, 1.54) is 5.57 Å². The predicted octanol–water partition coefficient (Wildman–Crippen LogP) is 4.19. The molecule has 146 valence electrons. The standard InChI is InChI=1S/C21H22ClN3O2S/c1-2-24-21(25-11-13-7-8-17-18(9-13)27-12-26-17)20-16(23)10-19(28-20)14-5-3-4-6-15(14)22/h2-6,9-10,16,20H,1,7-8,11-12,23H2,(H,24,25). The zero-order valence-electron chi connectivity index (χ0n) is 15.4. The van der Waals surface area contributed by atoms with E-state index in [1.54, 1.807) is 18.0 Å². The molecular formula is C21H22ClN3O2S. The van der Waals surface area contributed by atoms with Gasteiger partial charge in [0.05, 0.1) is 5.25 Å². The average Bonchev–Trinajstić information content (AvgIpc) is 3.31. The molecule has 0 saturated heterocycles. The molecule has 0 bridgehead atoms. The van der Waals surface area contributed by atoms with Gasteiger partial charge in [-0.05, 0) is 24.1 Å². The van der Waals surface area contributed by atoms with Crippen molar-refractivity contribution in [2.45, 2.75) is 24.1 Å². The third-order valence-electron chi connectivity index (χ3n) is 4.81. The molecule has 2 heterocycles. The minimum absolute atomic E-state index is 0.0192. The normalized spacial score (nSPS) is 24.1. The van der Waals surface area contributed by atoms with Gasteiger partial charge < -0.3 is 20.5 Å². The Bertz CT molecular complexity index is 907. The van der Waals surface area contributed by atoms with Crippen molar-refractivity contribution in [3.05, 3.63) is 76.9 Å². The van der Waals surface area contributed by atoms with E-state index in [0.29, 0.717) is 13.3 Å². The fraction of sp³-hybridized carbons (Fsp3) is 0.286. The predicted molar refractivity (Wildman–Crippen MR) is 116 cm³/mol. The van der Waals surface area contributed by atoms with Crippen LogP contribution < -0.4 is 11.1 Å². The van der Waals surface area contributed by atoms with Gasteiger partial charge in [0.15, 0.2) is 5.76 Å². The van der Waals surface area contributed by atoms with E-state index in [4.69, 9.17) is 26.8 Å². The van der Waals surface area contributed by atoms with Gasteiger partial charge in [-0.1, -0.05) is 42.5 Å². The molecule has 0 aromatic heterocycles. The van der Waals surface area contributed by atoms with E-state index < -0.39 is 0 Å². The van der Waals surface area contributed by atoms with Crippen LogP contribution in [0, 0.1) is 0 Å². The maximum absolute atomic E-state index is 6.41. The summed E-state index contributed by atoms with van der Waals surface area (Å²) >= 11 is 8.03. The van der Waals surface area contributed by atoms with Crippen molar-refractivity contribution in [1.82, 2.24) is 5.32 Å². The van der Waals surface area contributed by atoms with E-state index >= 15 is 0 Å². The van der Waals surface area contributed by atoms with Crippen LogP contribution in [0.25, 0.3) is 4.91 Å². The zero-order valence-corrected chi connectivity index (χ0v) is 16.9. The molecule has 0 fully saturated rings. The molecule has 0 saturated carbocycles. The van der Waals surface area contributed by atoms with Crippen molar-refractivity contribution in [3.63, 3.8) is 0 Å². The number of aliphatic imine (C=N–C) groups is 1. The van der Waals surface area contributed by atoms with E-state index in [0.717, 1.165) is 45.7 Å². The summed E-state index contributed by atoms with van der Waals surface area (Å²) in [6.45, 7) is 4.75. The number of nitrogens with two attached hydrogens (primary N) is 1. The Balaban J connectivity index is 1.45. The molecule has 0 spiro atoms. The van der Waals surface area contributed by atoms with Crippen molar-refractivity contribution in [1.29, 1.82) is 0 Å². The largest absolute Gasteiger partial charge is 0.458 e. The summed E-state index contributed by atoms with van der Waals surface area (Å²) in [5, 5.41) is 4.16. The topological polar surface area (TPSA) is 68.9 Å². The summed E-state index contributed by atoms with van der Waals surface area (Å²) in [6.07, 6.45) is 7.46. The summed E-state index contributed by atoms with van der Waals surface area (Å²) in [4.78, 5) is 5.54. The van der Waals surface area contributed by atoms with Crippen LogP contribution in [0.3, 0.4) is 0 Å². The number of rotatable bonds is 5. The smallest absolute Gasteiger partial charge is 0.230 e.